The molecule has 1 fully saturated rings. The highest BCUT2D eigenvalue weighted by Crippen LogP contribution is 2.32. The zero-order valence-electron chi connectivity index (χ0n) is 13.2. The number of ether oxygens (including phenoxy) is 1. The van der Waals surface area contributed by atoms with E-state index in [0.29, 0.717) is 6.42 Å². The number of cyclic esters (lactones) is 1. The van der Waals surface area contributed by atoms with Crippen LogP contribution in [0.5, 0.6) is 0 Å². The predicted molar refractivity (Wildman–Crippen MR) is 85.3 cm³/mol. The summed E-state index contributed by atoms with van der Waals surface area (Å²) in [6.07, 6.45) is 2.05. The maximum absolute atomic E-state index is 12.3. The topological polar surface area (TPSA) is 46.6 Å². The molecule has 0 aliphatic carbocycles. The molecule has 0 N–H and O–H groups in total. The number of amides is 2. The Balaban J connectivity index is 1.95. The van der Waals surface area contributed by atoms with Gasteiger partial charge in [0.05, 0.1) is 6.04 Å². The number of rotatable bonds is 6. The molecule has 1 saturated heterocycles. The summed E-state index contributed by atoms with van der Waals surface area (Å²) in [5.41, 5.74) is 2.03. The number of hydrogen-bond donors (Lipinski definition) is 0. The number of hydrogen-bond acceptors (Lipinski definition) is 3. The van der Waals surface area contributed by atoms with E-state index in [-0.39, 0.29) is 18.1 Å². The lowest BCUT2D eigenvalue weighted by Gasteiger charge is -2.19. The first-order valence-electron chi connectivity index (χ1n) is 7.72. The molecule has 22 heavy (non-hydrogen) atoms. The quantitative estimate of drug-likeness (QED) is 0.583. The Labute approximate surface area is 131 Å². The van der Waals surface area contributed by atoms with Crippen molar-refractivity contribution in [2.45, 2.75) is 51.7 Å². The van der Waals surface area contributed by atoms with Gasteiger partial charge < -0.3 is 4.74 Å². The van der Waals surface area contributed by atoms with Gasteiger partial charge in [0.1, 0.15) is 6.10 Å². The molecule has 1 aliphatic heterocycles. The molecule has 1 aliphatic rings. The molecule has 2 rings (SSSR count). The Morgan fingerprint density at radius 2 is 1.86 bits per heavy atom. The van der Waals surface area contributed by atoms with Gasteiger partial charge in [-0.25, -0.2) is 9.69 Å². The van der Waals surface area contributed by atoms with E-state index >= 15 is 0 Å². The maximum atomic E-state index is 12.3. The summed E-state index contributed by atoms with van der Waals surface area (Å²) in [6.45, 7) is 7.68. The molecular weight excluding hydrogens is 278 g/mol. The van der Waals surface area contributed by atoms with Crippen molar-refractivity contribution in [3.8, 4) is 0 Å². The van der Waals surface area contributed by atoms with E-state index < -0.39 is 6.09 Å². The summed E-state index contributed by atoms with van der Waals surface area (Å²) < 4.78 is 5.39. The molecule has 0 unspecified atom stereocenters. The van der Waals surface area contributed by atoms with E-state index in [1.165, 1.54) is 4.90 Å². The van der Waals surface area contributed by atoms with E-state index in [1.54, 1.807) is 0 Å². The zero-order chi connectivity index (χ0) is 16.1. The van der Waals surface area contributed by atoms with Crippen LogP contribution in [0.15, 0.2) is 42.5 Å². The number of unbranched alkanes of at least 4 members (excludes halogenated alkanes) is 1. The van der Waals surface area contributed by atoms with E-state index in [2.05, 4.69) is 6.58 Å². The second kappa shape index (κ2) is 7.25. The van der Waals surface area contributed by atoms with Crippen molar-refractivity contribution in [1.82, 2.24) is 4.90 Å². The van der Waals surface area contributed by atoms with Crippen LogP contribution < -0.4 is 0 Å². The molecule has 118 valence electrons. The molecule has 2 atom stereocenters. The largest absolute Gasteiger partial charge is 0.439 e. The van der Waals surface area contributed by atoms with Gasteiger partial charge in [0.15, 0.2) is 0 Å². The molecule has 0 radical (unpaired) electrons. The molecule has 4 heteroatoms. The molecule has 4 nitrogen and oxygen atoms in total. The summed E-state index contributed by atoms with van der Waals surface area (Å²) >= 11 is 0. The minimum atomic E-state index is -0.536. The summed E-state index contributed by atoms with van der Waals surface area (Å²) in [7, 11) is 0. The Kier molecular flexibility index (Phi) is 5.36. The summed E-state index contributed by atoms with van der Waals surface area (Å²) in [6, 6.07) is 9.26. The fraction of sp³-hybridized carbons (Fsp3) is 0.444. The SMILES string of the molecule is C=C(C)CCCCC(=O)N1C(=O)O[C@@H](c2ccccc2)[C@H]1C. The van der Waals surface area contributed by atoms with Crippen molar-refractivity contribution in [3.63, 3.8) is 0 Å². The van der Waals surface area contributed by atoms with E-state index in [0.717, 1.165) is 30.4 Å². The average molecular weight is 301 g/mol. The van der Waals surface area contributed by atoms with Crippen molar-refractivity contribution >= 4 is 12.0 Å². The highest BCUT2D eigenvalue weighted by Gasteiger charge is 2.42. The van der Waals surface area contributed by atoms with Gasteiger partial charge in [0.25, 0.3) is 0 Å². The number of nitrogens with zero attached hydrogens (tertiary/aromatic N) is 1. The number of benzene rings is 1. The number of imide groups is 1. The van der Waals surface area contributed by atoms with E-state index in [1.807, 2.05) is 44.2 Å². The zero-order valence-corrected chi connectivity index (χ0v) is 13.2. The van der Waals surface area contributed by atoms with Crippen LogP contribution in [0.25, 0.3) is 0 Å². The molecule has 0 saturated carbocycles. The van der Waals surface area contributed by atoms with Crippen molar-refractivity contribution < 1.29 is 14.3 Å². The number of allylic oxidation sites excluding steroid dienone is 1. The third-order valence-corrected chi connectivity index (χ3v) is 3.91. The summed E-state index contributed by atoms with van der Waals surface area (Å²) in [4.78, 5) is 25.6. The molecule has 2 amide bonds. The van der Waals surface area contributed by atoms with Gasteiger partial charge >= 0.3 is 6.09 Å². The minimum absolute atomic E-state index is 0.155. The van der Waals surface area contributed by atoms with Crippen LogP contribution in [-0.4, -0.2) is 22.9 Å². The second-order valence-corrected chi connectivity index (χ2v) is 5.88. The average Bonchev–Trinajstić information content (AvgIpc) is 2.79. The van der Waals surface area contributed by atoms with Crippen LogP contribution in [0.3, 0.4) is 0 Å². The molecule has 1 aromatic carbocycles. The Bertz CT molecular complexity index is 553. The highest BCUT2D eigenvalue weighted by atomic mass is 16.6. The lowest BCUT2D eigenvalue weighted by Crippen LogP contribution is -2.37. The Morgan fingerprint density at radius 3 is 2.50 bits per heavy atom. The van der Waals surface area contributed by atoms with Gasteiger partial charge in [0, 0.05) is 6.42 Å². The molecule has 0 bridgehead atoms. The van der Waals surface area contributed by atoms with Crippen LogP contribution in [-0.2, 0) is 9.53 Å². The lowest BCUT2D eigenvalue weighted by molar-refractivity contribution is -0.129. The van der Waals surface area contributed by atoms with Crippen LogP contribution in [0.1, 0.15) is 51.2 Å². The van der Waals surface area contributed by atoms with Crippen molar-refractivity contribution in [2.24, 2.45) is 0 Å². The van der Waals surface area contributed by atoms with Crippen LogP contribution in [0, 0.1) is 0 Å². The van der Waals surface area contributed by atoms with Gasteiger partial charge in [-0.1, -0.05) is 35.9 Å². The summed E-state index contributed by atoms with van der Waals surface area (Å²) in [5, 5.41) is 0. The predicted octanol–water partition coefficient (Wildman–Crippen LogP) is 4.23. The molecule has 1 aromatic rings. The standard InChI is InChI=1S/C18H23NO3/c1-13(2)9-7-8-12-16(20)19-14(3)17(22-18(19)21)15-10-5-4-6-11-15/h4-6,10-11,14,17H,1,7-9,12H2,2-3H3/t14-,17-/m1/s1. The van der Waals surface area contributed by atoms with Crippen molar-refractivity contribution in [3.05, 3.63) is 48.0 Å². The smallest absolute Gasteiger partial charge is 0.417 e. The maximum Gasteiger partial charge on any atom is 0.417 e. The van der Waals surface area contributed by atoms with E-state index in [9.17, 15) is 9.59 Å². The minimum Gasteiger partial charge on any atom is -0.439 e. The second-order valence-electron chi connectivity index (χ2n) is 5.88. The summed E-state index contributed by atoms with van der Waals surface area (Å²) in [5.74, 6) is -0.155. The molecular formula is C18H23NO3. The Hall–Kier alpha value is -2.10. The normalized spacial score (nSPS) is 20.8. The molecule has 0 aromatic heterocycles. The first-order valence-corrected chi connectivity index (χ1v) is 7.72. The third-order valence-electron chi connectivity index (χ3n) is 3.91. The molecule has 1 heterocycles. The van der Waals surface area contributed by atoms with Crippen LogP contribution in [0.4, 0.5) is 4.79 Å². The monoisotopic (exact) mass is 301 g/mol. The fourth-order valence-electron chi connectivity index (χ4n) is 2.71. The fourth-order valence-corrected chi connectivity index (χ4v) is 2.71. The van der Waals surface area contributed by atoms with Gasteiger partial charge in [0.2, 0.25) is 5.91 Å². The van der Waals surface area contributed by atoms with Gasteiger partial charge in [-0.15, -0.1) is 6.58 Å². The first kappa shape index (κ1) is 16.3. The van der Waals surface area contributed by atoms with Gasteiger partial charge in [-0.2, -0.15) is 0 Å². The van der Waals surface area contributed by atoms with Crippen LogP contribution in [0.2, 0.25) is 0 Å². The van der Waals surface area contributed by atoms with Crippen molar-refractivity contribution in [1.29, 1.82) is 0 Å². The van der Waals surface area contributed by atoms with Gasteiger partial charge in [-0.05, 0) is 38.7 Å². The lowest BCUT2D eigenvalue weighted by atomic mass is 10.0. The highest BCUT2D eigenvalue weighted by molar-refractivity contribution is 5.93. The number of carbonyl (C=O) groups excluding carboxylic acids is 2. The number of carbonyl (C=O) groups is 2. The Morgan fingerprint density at radius 1 is 1.23 bits per heavy atom. The van der Waals surface area contributed by atoms with Crippen LogP contribution >= 0.6 is 0 Å². The van der Waals surface area contributed by atoms with E-state index in [4.69, 9.17) is 4.74 Å². The van der Waals surface area contributed by atoms with Crippen molar-refractivity contribution in [2.75, 3.05) is 0 Å². The van der Waals surface area contributed by atoms with Gasteiger partial charge in [-0.3, -0.25) is 4.79 Å². The first-order chi connectivity index (χ1) is 10.5. The molecule has 0 spiro atoms. The third kappa shape index (κ3) is 3.75.